The van der Waals surface area contributed by atoms with E-state index in [9.17, 15) is 25.5 Å². The number of rotatable bonds is 24. The molecular weight excluding hydrogens is 1480 g/mol. The lowest BCUT2D eigenvalue weighted by Crippen LogP contribution is -2.17. The summed E-state index contributed by atoms with van der Waals surface area (Å²) in [6, 6.07) is 52.4. The predicted molar refractivity (Wildman–Crippen MR) is 452 cm³/mol. The second-order valence-corrected chi connectivity index (χ2v) is 29.8. The zero-order valence-electron chi connectivity index (χ0n) is 67.6. The number of anilines is 3. The van der Waals surface area contributed by atoms with Gasteiger partial charge in [0.25, 0.3) is 0 Å². The molecule has 28 nitrogen and oxygen atoms in total. The van der Waals surface area contributed by atoms with E-state index in [-0.39, 0.29) is 45.1 Å². The van der Waals surface area contributed by atoms with Gasteiger partial charge in [0.05, 0.1) is 167 Å². The van der Waals surface area contributed by atoms with E-state index in [4.69, 9.17) is 0 Å². The van der Waals surface area contributed by atoms with Crippen LogP contribution in [-0.2, 0) is 32.8 Å². The molecule has 8 N–H and O–H groups in total. The van der Waals surface area contributed by atoms with Crippen molar-refractivity contribution in [1.82, 2.24) is 98.9 Å². The highest BCUT2D eigenvalue weighted by Crippen LogP contribution is 2.49. The van der Waals surface area contributed by atoms with E-state index in [0.717, 1.165) is 108 Å². The maximum Gasteiger partial charge on any atom is 0.152 e. The smallest absolute Gasteiger partial charge is 0.152 e. The van der Waals surface area contributed by atoms with Gasteiger partial charge in [-0.3, -0.25) is 0 Å². The SMILES string of the molecule is Cc1ccc([C@H](CO)Nc2nnc(-c3ccc(-n4cnc(C)c4)c(CO)n3)cc2C)cc1.Cc1cn(-c2ccc(-c3cc(C)c(CC4C[C@H]4c4ccccc4)nn3)nc2CO)cn1.Cc1cn(-c2ccc(-c3cc(C)c(NC4CC4)nn3)nc2CO)cn1.Cc1cn(-c2ccc(-c3cc(C)c(N[C@H](C)c4ccccc4)nn3)nc2CO)cn1. The van der Waals surface area contributed by atoms with E-state index >= 15 is 0 Å². The second-order valence-electron chi connectivity index (χ2n) is 29.8. The van der Waals surface area contributed by atoms with Crippen LogP contribution in [0.3, 0.4) is 0 Å². The molecule has 28 heteroatoms. The summed E-state index contributed by atoms with van der Waals surface area (Å²) in [6.45, 7) is 19.1. The van der Waals surface area contributed by atoms with Crippen molar-refractivity contribution >= 4 is 17.5 Å². The van der Waals surface area contributed by atoms with Gasteiger partial charge >= 0.3 is 0 Å². The maximum atomic E-state index is 9.86. The molecule has 0 amide bonds. The number of hydrogen-bond acceptors (Lipinski definition) is 24. The van der Waals surface area contributed by atoms with Gasteiger partial charge in [-0.15, -0.1) is 35.7 Å². The molecule has 0 radical (unpaired) electrons. The van der Waals surface area contributed by atoms with Crippen molar-refractivity contribution in [2.75, 3.05) is 22.6 Å². The van der Waals surface area contributed by atoms with Crippen molar-refractivity contribution in [2.45, 2.75) is 145 Å². The molecule has 2 aliphatic carbocycles. The fraction of sp³-hybridized carbons (Fsp3) is 0.267. The zero-order chi connectivity index (χ0) is 82.5. The van der Waals surface area contributed by atoms with E-state index in [1.54, 1.807) is 25.3 Å². The fourth-order valence-corrected chi connectivity index (χ4v) is 13.7. The van der Waals surface area contributed by atoms with E-state index in [2.05, 4.69) is 153 Å². The van der Waals surface area contributed by atoms with E-state index < -0.39 is 0 Å². The molecule has 118 heavy (non-hydrogen) atoms. The first-order chi connectivity index (χ1) is 57.3. The van der Waals surface area contributed by atoms with Gasteiger partial charge in [-0.2, -0.15) is 5.10 Å². The van der Waals surface area contributed by atoms with Gasteiger partial charge in [0, 0.05) is 30.8 Å². The first kappa shape index (κ1) is 81.2. The van der Waals surface area contributed by atoms with Crippen molar-refractivity contribution in [2.24, 2.45) is 5.92 Å². The van der Waals surface area contributed by atoms with Gasteiger partial charge in [-0.05, 0) is 218 Å². The standard InChI is InChI=1S/C25H25N5O.C24H26N6O2.C23H24N6O.C18H20N6O/c1-16-10-23(21-8-9-25(24(14-31)27-21)30-13-17(2)26-15-30)29-28-22(16)12-19-11-20(19)18-6-4-3-5-7-18;1-15-4-6-18(7-5-15)21(12-31)27-24-16(2)10-20(28-29-24)19-8-9-23(22(13-32)26-19)30-11-17(3)25-14-30;1-15-11-20(27-28-23(15)25-17(3)18-7-5-4-6-8-18)19-9-10-22(21(13-30)26-19)29-12-16(2)24-14-29;1-11-7-15(22-23-18(11)20-13-3-4-13)14-5-6-17(16(9-25)21-14)24-8-12(2)19-10-24/h3-10,13,15,19-20,31H,11-12,14H2,1-2H3;4-11,14,21,31-32H,12-13H2,1-3H3,(H,27,29);4-12,14,17,30H,13H2,1-3H3,(H,25,28);5-8,10,13,25H,3-4,9H2,1-2H3,(H,20,23)/t19?,20-;21-;17-;/m001./s1. The molecular formula is C90H95N23O5. The van der Waals surface area contributed by atoms with Crippen LogP contribution < -0.4 is 16.0 Å². The normalized spacial score (nSPS) is 13.9. The molecule has 0 saturated heterocycles. The lowest BCUT2D eigenvalue weighted by molar-refractivity contribution is 0.276. The highest BCUT2D eigenvalue weighted by molar-refractivity contribution is 5.64. The van der Waals surface area contributed by atoms with Gasteiger partial charge in [0.15, 0.2) is 17.5 Å². The molecule has 2 fully saturated rings. The Morgan fingerprint density at radius 2 is 0.746 bits per heavy atom. The Kier molecular flexibility index (Phi) is 25.5. The Morgan fingerprint density at radius 3 is 1.10 bits per heavy atom. The predicted octanol–water partition coefficient (Wildman–Crippen LogP) is 13.9. The molecule has 3 aromatic carbocycles. The highest BCUT2D eigenvalue weighted by atomic mass is 16.3. The summed E-state index contributed by atoms with van der Waals surface area (Å²) in [5.74, 6) is 3.44. The van der Waals surface area contributed by atoms with Crippen LogP contribution in [0.1, 0.15) is 140 Å². The molecule has 4 atom stereocenters. The molecule has 17 rings (SSSR count). The molecule has 0 aliphatic heterocycles. The number of pyridine rings is 4. The van der Waals surface area contributed by atoms with Gasteiger partial charge < -0.3 is 59.8 Å². The van der Waals surface area contributed by atoms with Crippen molar-refractivity contribution in [3.8, 4) is 68.3 Å². The van der Waals surface area contributed by atoms with Gasteiger partial charge in [0.1, 0.15) is 22.8 Å². The summed E-state index contributed by atoms with van der Waals surface area (Å²) >= 11 is 0. The van der Waals surface area contributed by atoms with Gasteiger partial charge in [-0.1, -0.05) is 90.5 Å². The molecule has 0 spiro atoms. The monoisotopic (exact) mass is 1580 g/mol. The van der Waals surface area contributed by atoms with Crippen LogP contribution in [0.2, 0.25) is 0 Å². The molecule has 2 aliphatic rings. The average molecular weight is 1580 g/mol. The summed E-state index contributed by atoms with van der Waals surface area (Å²) in [6.07, 6.45) is 19.0. The van der Waals surface area contributed by atoms with Crippen LogP contribution >= 0.6 is 0 Å². The Labute approximate surface area is 684 Å². The summed E-state index contributed by atoms with van der Waals surface area (Å²) in [5.41, 5.74) is 24.2. The maximum absolute atomic E-state index is 9.86. The topological polar surface area (TPSA) is 363 Å². The van der Waals surface area contributed by atoms with Crippen LogP contribution in [0.25, 0.3) is 68.3 Å². The third-order valence-electron chi connectivity index (χ3n) is 20.6. The van der Waals surface area contributed by atoms with Crippen LogP contribution in [0.4, 0.5) is 17.5 Å². The quantitative estimate of drug-likeness (QED) is 0.0278. The highest BCUT2D eigenvalue weighted by Gasteiger charge is 2.39. The first-order valence-electron chi connectivity index (χ1n) is 39.2. The van der Waals surface area contributed by atoms with Gasteiger partial charge in [-0.25, -0.2) is 39.9 Å². The lowest BCUT2D eigenvalue weighted by Gasteiger charge is -2.19. The first-order valence-corrected chi connectivity index (χ1v) is 39.2. The van der Waals surface area contributed by atoms with Crippen LogP contribution in [0.15, 0.2) is 208 Å². The van der Waals surface area contributed by atoms with Crippen molar-refractivity contribution < 1.29 is 25.5 Å². The van der Waals surface area contributed by atoms with Crippen LogP contribution in [-0.4, -0.2) is 137 Å². The largest absolute Gasteiger partial charge is 0.394 e. The molecule has 1 unspecified atom stereocenters. The number of benzene rings is 3. The molecule has 12 heterocycles. The minimum Gasteiger partial charge on any atom is -0.394 e. The summed E-state index contributed by atoms with van der Waals surface area (Å²) in [4.78, 5) is 35.4. The Bertz CT molecular complexity index is 5950. The second kappa shape index (κ2) is 37.0. The Hall–Kier alpha value is -13.4. The number of aryl methyl sites for hydroxylation is 9. The Balaban J connectivity index is 0.000000130. The number of aliphatic hydroxyl groups is 5. The molecule has 2 saturated carbocycles. The molecule has 12 aromatic heterocycles. The van der Waals surface area contributed by atoms with Gasteiger partial charge in [0.2, 0.25) is 0 Å². The van der Waals surface area contributed by atoms with E-state index in [1.807, 2.05) is 214 Å². The Morgan fingerprint density at radius 1 is 0.373 bits per heavy atom. The number of aliphatic hydroxyl groups excluding tert-OH is 5. The average Bonchev–Trinajstić information content (AvgIpc) is 1.46. The van der Waals surface area contributed by atoms with Crippen LogP contribution in [0.5, 0.6) is 0 Å². The number of nitrogens with zero attached hydrogens (tertiary/aromatic N) is 20. The van der Waals surface area contributed by atoms with Crippen molar-refractivity contribution in [3.05, 3.63) is 304 Å². The van der Waals surface area contributed by atoms with Crippen molar-refractivity contribution in [3.63, 3.8) is 0 Å². The molecule has 0 bridgehead atoms. The zero-order valence-corrected chi connectivity index (χ0v) is 67.6. The summed E-state index contributed by atoms with van der Waals surface area (Å²) in [5, 5.41) is 94.1. The van der Waals surface area contributed by atoms with Crippen molar-refractivity contribution in [1.29, 1.82) is 0 Å². The summed E-state index contributed by atoms with van der Waals surface area (Å²) in [7, 11) is 0. The third-order valence-corrected chi connectivity index (χ3v) is 20.6. The number of hydrogen-bond donors (Lipinski definition) is 8. The number of nitrogens with one attached hydrogen (secondary N) is 3. The lowest BCUT2D eigenvalue weighted by atomic mass is 10.0. The molecule has 15 aromatic rings. The number of aromatic nitrogens is 20. The fourth-order valence-electron chi connectivity index (χ4n) is 13.7. The third kappa shape index (κ3) is 19.8. The molecule has 600 valence electrons. The minimum atomic E-state index is -0.286. The number of imidazole rings is 4. The van der Waals surface area contributed by atoms with E-state index in [0.29, 0.717) is 86.3 Å². The van der Waals surface area contributed by atoms with Crippen LogP contribution in [0, 0.1) is 68.2 Å². The minimum absolute atomic E-state index is 0.0669. The summed E-state index contributed by atoms with van der Waals surface area (Å²) < 4.78 is 7.42. The van der Waals surface area contributed by atoms with E-state index in [1.165, 1.54) is 30.4 Å².